The molecular weight excluding hydrogens is 451 g/mol. The summed E-state index contributed by atoms with van der Waals surface area (Å²) in [5.74, 6) is -2.26. The number of anilines is 2. The minimum Gasteiger partial charge on any atom is -0.463 e. The van der Waals surface area contributed by atoms with Gasteiger partial charge in [0.1, 0.15) is 30.2 Å². The molecule has 2 heterocycles. The lowest BCUT2D eigenvalue weighted by molar-refractivity contribution is -0.157. The molecule has 13 heteroatoms. The molecule has 3 rings (SSSR count). The molecule has 0 unspecified atom stereocenters. The van der Waals surface area contributed by atoms with E-state index in [2.05, 4.69) is 10.3 Å². The van der Waals surface area contributed by atoms with Crippen molar-refractivity contribution in [1.82, 2.24) is 9.55 Å². The van der Waals surface area contributed by atoms with E-state index in [-0.39, 0.29) is 5.69 Å². The molecule has 0 spiro atoms. The summed E-state index contributed by atoms with van der Waals surface area (Å²) in [7, 11) is 0. The SMILES string of the molecule is CC(=O)OC[C@H]1O[C@@H](n2cc(C(F)(F)F)c(Nc3ccccc3)nc2=O)[C@@H](O)[C@@H]1OC(C)=O. The number of hydrogen-bond donors (Lipinski definition) is 2. The lowest BCUT2D eigenvalue weighted by Gasteiger charge is -2.21. The maximum absolute atomic E-state index is 13.8. The molecular formula is C20H20F3N3O7. The summed E-state index contributed by atoms with van der Waals surface area (Å²) in [6.45, 7) is 1.68. The average Bonchev–Trinajstić information content (AvgIpc) is 3.01. The second-order valence-electron chi connectivity index (χ2n) is 7.11. The van der Waals surface area contributed by atoms with Crippen LogP contribution in [0.1, 0.15) is 25.6 Å². The van der Waals surface area contributed by atoms with Gasteiger partial charge in [-0.25, -0.2) is 4.79 Å². The van der Waals surface area contributed by atoms with Crippen molar-refractivity contribution in [3.8, 4) is 0 Å². The lowest BCUT2D eigenvalue weighted by Crippen LogP contribution is -2.39. The minimum atomic E-state index is -4.92. The van der Waals surface area contributed by atoms with Crippen molar-refractivity contribution >= 4 is 23.4 Å². The fourth-order valence-electron chi connectivity index (χ4n) is 3.23. The maximum Gasteiger partial charge on any atom is 0.421 e. The number of hydrogen-bond acceptors (Lipinski definition) is 9. The normalized spacial score (nSPS) is 22.6. The van der Waals surface area contributed by atoms with Crippen LogP contribution in [-0.2, 0) is 30.0 Å². The first kappa shape index (κ1) is 24.2. The summed E-state index contributed by atoms with van der Waals surface area (Å²) >= 11 is 0. The van der Waals surface area contributed by atoms with Gasteiger partial charge in [-0.2, -0.15) is 18.2 Å². The molecule has 178 valence electrons. The number of para-hydroxylation sites is 1. The van der Waals surface area contributed by atoms with E-state index in [0.717, 1.165) is 13.8 Å². The number of aliphatic hydroxyl groups excluding tert-OH is 1. The number of esters is 2. The van der Waals surface area contributed by atoms with Crippen LogP contribution in [0.4, 0.5) is 24.7 Å². The smallest absolute Gasteiger partial charge is 0.421 e. The number of rotatable bonds is 6. The Morgan fingerprint density at radius 3 is 2.45 bits per heavy atom. The Hall–Kier alpha value is -3.45. The van der Waals surface area contributed by atoms with Crippen LogP contribution in [0.25, 0.3) is 0 Å². The van der Waals surface area contributed by atoms with E-state index < -0.39 is 66.3 Å². The number of alkyl halides is 3. The van der Waals surface area contributed by atoms with Gasteiger partial charge in [0.15, 0.2) is 12.3 Å². The Morgan fingerprint density at radius 1 is 1.21 bits per heavy atom. The van der Waals surface area contributed by atoms with E-state index >= 15 is 0 Å². The van der Waals surface area contributed by atoms with E-state index in [0.29, 0.717) is 10.8 Å². The van der Waals surface area contributed by atoms with Crippen LogP contribution in [0, 0.1) is 0 Å². The Morgan fingerprint density at radius 2 is 1.88 bits per heavy atom. The number of nitrogens with zero attached hydrogens (tertiary/aromatic N) is 2. The number of ether oxygens (including phenoxy) is 3. The second-order valence-corrected chi connectivity index (χ2v) is 7.11. The van der Waals surface area contributed by atoms with Gasteiger partial charge in [-0.3, -0.25) is 14.2 Å². The van der Waals surface area contributed by atoms with Gasteiger partial charge in [-0.15, -0.1) is 0 Å². The van der Waals surface area contributed by atoms with Crippen LogP contribution in [0.3, 0.4) is 0 Å². The predicted molar refractivity (Wildman–Crippen MR) is 105 cm³/mol. The Balaban J connectivity index is 1.99. The molecule has 2 aromatic rings. The molecule has 0 radical (unpaired) electrons. The minimum absolute atomic E-state index is 0.265. The molecule has 33 heavy (non-hydrogen) atoms. The Bertz CT molecular complexity index is 1070. The summed E-state index contributed by atoms with van der Waals surface area (Å²) in [5.41, 5.74) is -2.20. The monoisotopic (exact) mass is 471 g/mol. The van der Waals surface area contributed by atoms with E-state index in [1.165, 1.54) is 12.1 Å². The predicted octanol–water partition coefficient (Wildman–Crippen LogP) is 1.76. The van der Waals surface area contributed by atoms with Crippen LogP contribution in [0.5, 0.6) is 0 Å². The second kappa shape index (κ2) is 9.58. The quantitative estimate of drug-likeness (QED) is 0.606. The summed E-state index contributed by atoms with van der Waals surface area (Å²) < 4.78 is 57.0. The number of aliphatic hydroxyl groups is 1. The molecule has 0 bridgehead atoms. The zero-order valence-corrected chi connectivity index (χ0v) is 17.4. The largest absolute Gasteiger partial charge is 0.463 e. The average molecular weight is 471 g/mol. The molecule has 1 fully saturated rings. The molecule has 2 N–H and O–H groups in total. The Kier molecular flexibility index (Phi) is 7.03. The molecule has 0 saturated carbocycles. The zero-order valence-electron chi connectivity index (χ0n) is 17.4. The van der Waals surface area contributed by atoms with Crippen molar-refractivity contribution in [1.29, 1.82) is 0 Å². The topological polar surface area (TPSA) is 129 Å². The van der Waals surface area contributed by atoms with E-state index in [4.69, 9.17) is 14.2 Å². The van der Waals surface area contributed by atoms with Gasteiger partial charge < -0.3 is 24.6 Å². The highest BCUT2D eigenvalue weighted by Gasteiger charge is 2.48. The highest BCUT2D eigenvalue weighted by molar-refractivity contribution is 5.66. The van der Waals surface area contributed by atoms with Gasteiger partial charge in [0.05, 0.1) is 0 Å². The van der Waals surface area contributed by atoms with Crippen molar-refractivity contribution < 1.29 is 42.1 Å². The maximum atomic E-state index is 13.8. The number of halogens is 3. The van der Waals surface area contributed by atoms with E-state index in [1.807, 2.05) is 0 Å². The zero-order chi connectivity index (χ0) is 24.3. The third kappa shape index (κ3) is 5.68. The summed E-state index contributed by atoms with van der Waals surface area (Å²) in [5, 5.41) is 13.0. The third-order valence-electron chi connectivity index (χ3n) is 4.63. The molecule has 0 amide bonds. The van der Waals surface area contributed by atoms with Crippen molar-refractivity contribution in [3.63, 3.8) is 0 Å². The Labute approximate surface area is 184 Å². The number of nitrogens with one attached hydrogen (secondary N) is 1. The van der Waals surface area contributed by atoms with Gasteiger partial charge in [-0.05, 0) is 12.1 Å². The fraction of sp³-hybridized carbons (Fsp3) is 0.400. The molecule has 1 aromatic heterocycles. The van der Waals surface area contributed by atoms with Gasteiger partial charge >= 0.3 is 23.8 Å². The van der Waals surface area contributed by atoms with E-state index in [9.17, 15) is 32.7 Å². The molecule has 10 nitrogen and oxygen atoms in total. The summed E-state index contributed by atoms with van der Waals surface area (Å²) in [6, 6.07) is 7.79. The van der Waals surface area contributed by atoms with Crippen molar-refractivity contribution in [2.75, 3.05) is 11.9 Å². The first-order chi connectivity index (χ1) is 15.5. The van der Waals surface area contributed by atoms with Crippen molar-refractivity contribution in [2.45, 2.75) is 44.6 Å². The van der Waals surface area contributed by atoms with Crippen LogP contribution in [-0.4, -0.2) is 51.5 Å². The molecule has 0 aliphatic carbocycles. The summed E-state index contributed by atoms with van der Waals surface area (Å²) in [4.78, 5) is 38.6. The van der Waals surface area contributed by atoms with Crippen LogP contribution in [0.15, 0.2) is 41.3 Å². The molecule has 1 aliphatic rings. The van der Waals surface area contributed by atoms with Crippen LogP contribution >= 0.6 is 0 Å². The van der Waals surface area contributed by atoms with Crippen LogP contribution < -0.4 is 11.0 Å². The van der Waals surface area contributed by atoms with E-state index in [1.54, 1.807) is 18.2 Å². The van der Waals surface area contributed by atoms with Gasteiger partial charge in [0.25, 0.3) is 0 Å². The molecule has 4 atom stereocenters. The fourth-order valence-corrected chi connectivity index (χ4v) is 3.23. The van der Waals surface area contributed by atoms with Crippen molar-refractivity contribution in [2.24, 2.45) is 0 Å². The highest BCUT2D eigenvalue weighted by atomic mass is 19.4. The first-order valence-corrected chi connectivity index (χ1v) is 9.64. The van der Waals surface area contributed by atoms with Crippen molar-refractivity contribution in [3.05, 3.63) is 52.6 Å². The standard InChI is InChI=1S/C20H20F3N3O7/c1-10(27)31-9-14-16(32-11(2)28)15(29)18(33-14)26-8-13(20(21,22)23)17(25-19(26)30)24-12-6-4-3-5-7-12/h3-8,14-16,18,29H,9H2,1-2H3,(H,24,25,30)/t14-,15+,16-,18-/m1/s1. The third-order valence-corrected chi connectivity index (χ3v) is 4.63. The number of carbonyl (C=O) groups is 2. The molecule has 1 aliphatic heterocycles. The number of benzene rings is 1. The number of aromatic nitrogens is 2. The van der Waals surface area contributed by atoms with Crippen LogP contribution in [0.2, 0.25) is 0 Å². The molecule has 1 aromatic carbocycles. The lowest BCUT2D eigenvalue weighted by atomic mass is 10.1. The first-order valence-electron chi connectivity index (χ1n) is 9.64. The highest BCUT2D eigenvalue weighted by Crippen LogP contribution is 2.36. The molecule has 1 saturated heterocycles. The van der Waals surface area contributed by atoms with Gasteiger partial charge in [0.2, 0.25) is 0 Å². The number of carbonyl (C=O) groups excluding carboxylic acids is 2. The van der Waals surface area contributed by atoms with Gasteiger partial charge in [0, 0.05) is 25.7 Å². The summed E-state index contributed by atoms with van der Waals surface area (Å²) in [6.07, 6.45) is -10.6. The van der Waals surface area contributed by atoms with Gasteiger partial charge in [-0.1, -0.05) is 18.2 Å².